The Bertz CT molecular complexity index is 774. The van der Waals surface area contributed by atoms with E-state index in [0.717, 1.165) is 29.0 Å². The van der Waals surface area contributed by atoms with E-state index >= 15 is 0 Å². The molecule has 5 nitrogen and oxygen atoms in total. The van der Waals surface area contributed by atoms with Gasteiger partial charge in [-0.05, 0) is 41.8 Å². The Kier molecular flexibility index (Phi) is 7.66. The Hall–Kier alpha value is -2.34. The zero-order chi connectivity index (χ0) is 18.9. The van der Waals surface area contributed by atoms with Crippen molar-refractivity contribution in [3.8, 4) is 0 Å². The highest BCUT2D eigenvalue weighted by molar-refractivity contribution is 9.10. The summed E-state index contributed by atoms with van der Waals surface area (Å²) in [7, 11) is 5.28. The number of hydrogen-bond acceptors (Lipinski definition) is 2. The second-order valence-electron chi connectivity index (χ2n) is 6.13. The van der Waals surface area contributed by atoms with Gasteiger partial charge in [-0.2, -0.15) is 0 Å². The molecule has 0 saturated heterocycles. The van der Waals surface area contributed by atoms with Gasteiger partial charge in [0.15, 0.2) is 5.96 Å². The third-order valence-electron chi connectivity index (χ3n) is 3.86. The summed E-state index contributed by atoms with van der Waals surface area (Å²) in [4.78, 5) is 17.9. The van der Waals surface area contributed by atoms with Gasteiger partial charge in [0.05, 0.1) is 0 Å². The van der Waals surface area contributed by atoms with E-state index in [9.17, 15) is 4.79 Å². The first-order valence-corrected chi connectivity index (χ1v) is 9.28. The van der Waals surface area contributed by atoms with Crippen molar-refractivity contribution >= 4 is 27.8 Å². The first kappa shape index (κ1) is 20.0. The lowest BCUT2D eigenvalue weighted by molar-refractivity contribution is 0.0827. The molecule has 0 saturated carbocycles. The number of halogens is 1. The molecule has 0 heterocycles. The second kappa shape index (κ2) is 9.97. The maximum Gasteiger partial charge on any atom is 0.253 e. The van der Waals surface area contributed by atoms with Crippen molar-refractivity contribution in [1.29, 1.82) is 0 Å². The number of nitrogens with one attached hydrogen (secondary N) is 2. The molecule has 0 aromatic heterocycles. The number of carbonyl (C=O) groups is 1. The number of nitrogens with zero attached hydrogens (tertiary/aromatic N) is 2. The van der Waals surface area contributed by atoms with Crippen LogP contribution in [0.15, 0.2) is 58.0 Å². The standard InChI is InChI=1S/C20H25BrN4O/c1-22-20(24-14-16-7-5-9-18(21)13-16)23-11-10-15-6-4-8-17(12-15)19(26)25(2)3/h4-9,12-13H,10-11,14H2,1-3H3,(H2,22,23,24). The van der Waals surface area contributed by atoms with Crippen LogP contribution in [0.25, 0.3) is 0 Å². The highest BCUT2D eigenvalue weighted by Gasteiger charge is 2.08. The van der Waals surface area contributed by atoms with Crippen molar-refractivity contribution in [3.63, 3.8) is 0 Å². The molecule has 0 fully saturated rings. The molecule has 26 heavy (non-hydrogen) atoms. The van der Waals surface area contributed by atoms with Crippen molar-refractivity contribution in [3.05, 3.63) is 69.7 Å². The van der Waals surface area contributed by atoms with Gasteiger partial charge in [0.2, 0.25) is 0 Å². The third kappa shape index (κ3) is 6.19. The topological polar surface area (TPSA) is 56.7 Å². The maximum atomic E-state index is 12.0. The van der Waals surface area contributed by atoms with Crippen LogP contribution in [0.3, 0.4) is 0 Å². The maximum absolute atomic E-state index is 12.0. The summed E-state index contributed by atoms with van der Waals surface area (Å²) in [6.45, 7) is 1.43. The molecule has 0 aliphatic carbocycles. The molecule has 0 spiro atoms. The van der Waals surface area contributed by atoms with E-state index < -0.39 is 0 Å². The first-order valence-electron chi connectivity index (χ1n) is 8.49. The highest BCUT2D eigenvalue weighted by Crippen LogP contribution is 2.11. The fraction of sp³-hybridized carbons (Fsp3) is 0.300. The van der Waals surface area contributed by atoms with Crippen molar-refractivity contribution < 1.29 is 4.79 Å². The summed E-state index contributed by atoms with van der Waals surface area (Å²) in [5.74, 6) is 0.775. The van der Waals surface area contributed by atoms with Crippen LogP contribution in [0.2, 0.25) is 0 Å². The highest BCUT2D eigenvalue weighted by atomic mass is 79.9. The molecule has 0 atom stereocenters. The summed E-state index contributed by atoms with van der Waals surface area (Å²) in [6.07, 6.45) is 0.812. The molecule has 2 rings (SSSR count). The van der Waals surface area contributed by atoms with Gasteiger partial charge in [-0.1, -0.05) is 40.2 Å². The predicted molar refractivity (Wildman–Crippen MR) is 111 cm³/mol. The number of hydrogen-bond donors (Lipinski definition) is 2. The normalized spacial score (nSPS) is 11.2. The summed E-state index contributed by atoms with van der Waals surface area (Å²) >= 11 is 3.48. The molecule has 0 radical (unpaired) electrons. The van der Waals surface area contributed by atoms with Gasteiger partial charge in [-0.15, -0.1) is 0 Å². The number of rotatable bonds is 6. The average Bonchev–Trinajstić information content (AvgIpc) is 2.64. The van der Waals surface area contributed by atoms with Crippen molar-refractivity contribution in [1.82, 2.24) is 15.5 Å². The Morgan fingerprint density at radius 1 is 1.08 bits per heavy atom. The quantitative estimate of drug-likeness (QED) is 0.561. The number of aliphatic imine (C=N–C) groups is 1. The summed E-state index contributed by atoms with van der Waals surface area (Å²) in [5.41, 5.74) is 3.01. The molecule has 2 aromatic rings. The van der Waals surface area contributed by atoms with Crippen LogP contribution in [0.1, 0.15) is 21.5 Å². The number of carbonyl (C=O) groups excluding carboxylic acids is 1. The first-order chi connectivity index (χ1) is 12.5. The van der Waals surface area contributed by atoms with Crippen molar-refractivity contribution in [2.45, 2.75) is 13.0 Å². The minimum atomic E-state index is 0.0197. The molecule has 0 unspecified atom stereocenters. The van der Waals surface area contributed by atoms with Crippen LogP contribution >= 0.6 is 15.9 Å². The number of guanidine groups is 1. The van der Waals surface area contributed by atoms with E-state index in [2.05, 4.69) is 43.7 Å². The molecule has 2 aromatic carbocycles. The van der Waals surface area contributed by atoms with E-state index in [4.69, 9.17) is 0 Å². The van der Waals surface area contributed by atoms with E-state index in [1.807, 2.05) is 36.4 Å². The van der Waals surface area contributed by atoms with Crippen LogP contribution in [0.5, 0.6) is 0 Å². The van der Waals surface area contributed by atoms with Gasteiger partial charge < -0.3 is 15.5 Å². The van der Waals surface area contributed by atoms with Crippen LogP contribution in [-0.4, -0.2) is 44.5 Å². The van der Waals surface area contributed by atoms with E-state index in [1.54, 1.807) is 26.0 Å². The molecule has 6 heteroatoms. The Balaban J connectivity index is 1.84. The van der Waals surface area contributed by atoms with Gasteiger partial charge in [0, 0.05) is 44.3 Å². The fourth-order valence-electron chi connectivity index (χ4n) is 2.50. The van der Waals surface area contributed by atoms with Gasteiger partial charge in [0.1, 0.15) is 0 Å². The molecule has 0 bridgehead atoms. The molecular formula is C20H25BrN4O. The van der Waals surface area contributed by atoms with Crippen molar-refractivity contribution in [2.24, 2.45) is 4.99 Å². The third-order valence-corrected chi connectivity index (χ3v) is 4.35. The van der Waals surface area contributed by atoms with Gasteiger partial charge in [-0.25, -0.2) is 0 Å². The van der Waals surface area contributed by atoms with Crippen LogP contribution < -0.4 is 10.6 Å². The number of benzene rings is 2. The molecule has 0 aliphatic rings. The Morgan fingerprint density at radius 3 is 2.50 bits per heavy atom. The Morgan fingerprint density at radius 2 is 1.81 bits per heavy atom. The lowest BCUT2D eigenvalue weighted by Crippen LogP contribution is -2.37. The minimum absolute atomic E-state index is 0.0197. The zero-order valence-electron chi connectivity index (χ0n) is 15.4. The zero-order valence-corrected chi connectivity index (χ0v) is 17.0. The molecule has 2 N–H and O–H groups in total. The van der Waals surface area contributed by atoms with Crippen LogP contribution in [-0.2, 0) is 13.0 Å². The summed E-state index contributed by atoms with van der Waals surface area (Å²) < 4.78 is 1.06. The molecular weight excluding hydrogens is 392 g/mol. The van der Waals surface area contributed by atoms with Gasteiger partial charge in [-0.3, -0.25) is 9.79 Å². The minimum Gasteiger partial charge on any atom is -0.356 e. The van der Waals surface area contributed by atoms with E-state index in [-0.39, 0.29) is 5.91 Å². The fourth-order valence-corrected chi connectivity index (χ4v) is 2.94. The smallest absolute Gasteiger partial charge is 0.253 e. The van der Waals surface area contributed by atoms with Crippen LogP contribution in [0.4, 0.5) is 0 Å². The number of amides is 1. The van der Waals surface area contributed by atoms with E-state index in [0.29, 0.717) is 12.1 Å². The molecule has 1 amide bonds. The lowest BCUT2D eigenvalue weighted by Gasteiger charge is -2.13. The summed E-state index contributed by atoms with van der Waals surface area (Å²) in [5, 5.41) is 6.61. The monoisotopic (exact) mass is 416 g/mol. The average molecular weight is 417 g/mol. The molecule has 0 aliphatic heterocycles. The summed E-state index contributed by atoms with van der Waals surface area (Å²) in [6, 6.07) is 15.9. The lowest BCUT2D eigenvalue weighted by atomic mass is 10.1. The van der Waals surface area contributed by atoms with Crippen LogP contribution in [0, 0.1) is 0 Å². The Labute approximate surface area is 163 Å². The van der Waals surface area contributed by atoms with E-state index in [1.165, 1.54) is 5.56 Å². The SMILES string of the molecule is CN=C(NCCc1cccc(C(=O)N(C)C)c1)NCc1cccc(Br)c1. The van der Waals surface area contributed by atoms with Gasteiger partial charge >= 0.3 is 0 Å². The predicted octanol–water partition coefficient (Wildman–Crippen LogP) is 3.06. The van der Waals surface area contributed by atoms with Crippen molar-refractivity contribution in [2.75, 3.05) is 27.7 Å². The largest absolute Gasteiger partial charge is 0.356 e. The van der Waals surface area contributed by atoms with Gasteiger partial charge in [0.25, 0.3) is 5.91 Å². The molecule has 138 valence electrons. The second-order valence-corrected chi connectivity index (χ2v) is 7.05.